The van der Waals surface area contributed by atoms with Gasteiger partial charge in [-0.3, -0.25) is 9.59 Å². The van der Waals surface area contributed by atoms with Crippen molar-refractivity contribution in [3.05, 3.63) is 63.7 Å². The molecule has 140 valence electrons. The van der Waals surface area contributed by atoms with Crippen molar-refractivity contribution in [2.75, 3.05) is 6.54 Å². The Morgan fingerprint density at radius 2 is 1.96 bits per heavy atom. The molecule has 0 aliphatic carbocycles. The second-order valence-corrected chi connectivity index (χ2v) is 6.11. The van der Waals surface area contributed by atoms with Crippen molar-refractivity contribution >= 4 is 5.91 Å². The van der Waals surface area contributed by atoms with E-state index in [2.05, 4.69) is 20.3 Å². The van der Waals surface area contributed by atoms with Crippen LogP contribution in [0.4, 0.5) is 0 Å². The standard InChI is InChI=1S/C19H21N5O3/c1-4-16-20-17(27-23-16)11-24(5-2)19(26)14-8-6-13(7-9-14)15-10-12(3)21-22-18(15)25/h6-10H,4-5,11H2,1-3H3,(H,22,25). The summed E-state index contributed by atoms with van der Waals surface area (Å²) in [5, 5.41) is 10.2. The van der Waals surface area contributed by atoms with Crippen LogP contribution >= 0.6 is 0 Å². The SMILES string of the molecule is CCc1noc(CN(CC)C(=O)c2ccc(-c3cc(C)n[nH]c3=O)cc2)n1. The number of aryl methyl sites for hydroxylation is 2. The third-order valence-corrected chi connectivity index (χ3v) is 4.20. The molecule has 8 heteroatoms. The van der Waals surface area contributed by atoms with E-state index in [1.165, 1.54) is 0 Å². The van der Waals surface area contributed by atoms with Gasteiger partial charge < -0.3 is 9.42 Å². The largest absolute Gasteiger partial charge is 0.337 e. The third-order valence-electron chi connectivity index (χ3n) is 4.20. The predicted molar refractivity (Wildman–Crippen MR) is 99.1 cm³/mol. The Morgan fingerprint density at radius 1 is 1.22 bits per heavy atom. The second-order valence-electron chi connectivity index (χ2n) is 6.11. The first-order valence-corrected chi connectivity index (χ1v) is 8.79. The molecule has 0 aliphatic heterocycles. The van der Waals surface area contributed by atoms with Crippen LogP contribution < -0.4 is 5.56 Å². The number of H-pyrrole nitrogens is 1. The van der Waals surface area contributed by atoms with Gasteiger partial charge in [0.05, 0.1) is 11.3 Å². The van der Waals surface area contributed by atoms with E-state index in [9.17, 15) is 9.59 Å². The van der Waals surface area contributed by atoms with E-state index in [1.807, 2.05) is 13.8 Å². The smallest absolute Gasteiger partial charge is 0.272 e. The number of carbonyl (C=O) groups is 1. The lowest BCUT2D eigenvalue weighted by Gasteiger charge is -2.19. The minimum atomic E-state index is -0.266. The molecule has 27 heavy (non-hydrogen) atoms. The quantitative estimate of drug-likeness (QED) is 0.717. The maximum absolute atomic E-state index is 12.8. The van der Waals surface area contributed by atoms with Gasteiger partial charge in [-0.05, 0) is 37.6 Å². The van der Waals surface area contributed by atoms with E-state index >= 15 is 0 Å². The van der Waals surface area contributed by atoms with Gasteiger partial charge in [-0.15, -0.1) is 0 Å². The van der Waals surface area contributed by atoms with E-state index in [0.29, 0.717) is 41.5 Å². The second kappa shape index (κ2) is 7.94. The van der Waals surface area contributed by atoms with Crippen LogP contribution in [0.2, 0.25) is 0 Å². The zero-order valence-corrected chi connectivity index (χ0v) is 15.5. The highest BCUT2D eigenvalue weighted by atomic mass is 16.5. The Hall–Kier alpha value is -3.29. The summed E-state index contributed by atoms with van der Waals surface area (Å²) < 4.78 is 5.18. The summed E-state index contributed by atoms with van der Waals surface area (Å²) in [5.74, 6) is 0.897. The molecule has 2 aromatic heterocycles. The summed E-state index contributed by atoms with van der Waals surface area (Å²) in [4.78, 5) is 30.6. The number of nitrogens with zero attached hydrogens (tertiary/aromatic N) is 4. The van der Waals surface area contributed by atoms with Crippen LogP contribution in [0.15, 0.2) is 39.6 Å². The Labute approximate surface area is 156 Å². The van der Waals surface area contributed by atoms with Crippen LogP contribution in [0.3, 0.4) is 0 Å². The van der Waals surface area contributed by atoms with Crippen LogP contribution in [0, 0.1) is 6.92 Å². The zero-order valence-electron chi connectivity index (χ0n) is 15.5. The van der Waals surface area contributed by atoms with Gasteiger partial charge >= 0.3 is 0 Å². The molecule has 0 aliphatic rings. The number of aromatic amines is 1. The minimum absolute atomic E-state index is 0.139. The van der Waals surface area contributed by atoms with Crippen molar-refractivity contribution in [3.8, 4) is 11.1 Å². The van der Waals surface area contributed by atoms with E-state index in [0.717, 1.165) is 5.56 Å². The number of amides is 1. The predicted octanol–water partition coefficient (Wildman–Crippen LogP) is 2.35. The Bertz CT molecular complexity index is 991. The van der Waals surface area contributed by atoms with Crippen molar-refractivity contribution in [3.63, 3.8) is 0 Å². The fourth-order valence-electron chi connectivity index (χ4n) is 2.68. The van der Waals surface area contributed by atoms with Crippen molar-refractivity contribution in [2.45, 2.75) is 33.7 Å². The Balaban J connectivity index is 1.79. The van der Waals surface area contributed by atoms with Crippen molar-refractivity contribution < 1.29 is 9.32 Å². The van der Waals surface area contributed by atoms with Crippen LogP contribution in [0.5, 0.6) is 0 Å². The number of carbonyl (C=O) groups excluding carboxylic acids is 1. The average molecular weight is 367 g/mol. The van der Waals surface area contributed by atoms with Crippen LogP contribution in [-0.4, -0.2) is 37.7 Å². The summed E-state index contributed by atoms with van der Waals surface area (Å²) in [7, 11) is 0. The maximum Gasteiger partial charge on any atom is 0.272 e. The van der Waals surface area contributed by atoms with Gasteiger partial charge in [0.25, 0.3) is 11.5 Å². The molecule has 0 bridgehead atoms. The van der Waals surface area contributed by atoms with Gasteiger partial charge in [0.2, 0.25) is 5.89 Å². The minimum Gasteiger partial charge on any atom is -0.337 e. The van der Waals surface area contributed by atoms with Gasteiger partial charge in [0.1, 0.15) is 6.54 Å². The van der Waals surface area contributed by atoms with Gasteiger partial charge in [-0.1, -0.05) is 24.2 Å². The van der Waals surface area contributed by atoms with Crippen LogP contribution in [0.1, 0.15) is 41.6 Å². The monoisotopic (exact) mass is 367 g/mol. The first-order valence-electron chi connectivity index (χ1n) is 8.79. The molecule has 0 unspecified atom stereocenters. The molecular formula is C19H21N5O3. The lowest BCUT2D eigenvalue weighted by molar-refractivity contribution is 0.0734. The summed E-state index contributed by atoms with van der Waals surface area (Å²) in [6, 6.07) is 8.65. The topological polar surface area (TPSA) is 105 Å². The molecule has 3 aromatic rings. The molecule has 0 radical (unpaired) electrons. The molecule has 0 fully saturated rings. The summed E-state index contributed by atoms with van der Waals surface area (Å²) in [6.07, 6.45) is 0.679. The van der Waals surface area contributed by atoms with E-state index in [4.69, 9.17) is 4.52 Å². The molecule has 3 rings (SSSR count). The van der Waals surface area contributed by atoms with Crippen molar-refractivity contribution in [1.82, 2.24) is 25.2 Å². The summed E-state index contributed by atoms with van der Waals surface area (Å²) in [6.45, 7) is 6.40. The molecule has 0 spiro atoms. The number of benzene rings is 1. The van der Waals surface area contributed by atoms with Crippen molar-refractivity contribution in [2.24, 2.45) is 0 Å². The van der Waals surface area contributed by atoms with Crippen molar-refractivity contribution in [1.29, 1.82) is 0 Å². The number of hydrogen-bond acceptors (Lipinski definition) is 6. The number of hydrogen-bond donors (Lipinski definition) is 1. The third kappa shape index (κ3) is 4.11. The molecular weight excluding hydrogens is 346 g/mol. The van der Waals surface area contributed by atoms with Gasteiger partial charge in [-0.25, -0.2) is 5.10 Å². The maximum atomic E-state index is 12.8. The fraction of sp³-hybridized carbons (Fsp3) is 0.316. The van der Waals surface area contributed by atoms with E-state index in [1.54, 1.807) is 42.2 Å². The van der Waals surface area contributed by atoms with Crippen LogP contribution in [-0.2, 0) is 13.0 Å². The molecule has 0 atom stereocenters. The molecule has 1 amide bonds. The average Bonchev–Trinajstić information content (AvgIpc) is 3.15. The lowest BCUT2D eigenvalue weighted by atomic mass is 10.0. The molecule has 1 N–H and O–H groups in total. The summed E-state index contributed by atoms with van der Waals surface area (Å²) >= 11 is 0. The molecule has 1 aromatic carbocycles. The van der Waals surface area contributed by atoms with Gasteiger partial charge in [-0.2, -0.15) is 10.1 Å². The van der Waals surface area contributed by atoms with E-state index < -0.39 is 0 Å². The summed E-state index contributed by atoms with van der Waals surface area (Å²) in [5.41, 5.74) is 2.22. The molecule has 2 heterocycles. The highest BCUT2D eigenvalue weighted by molar-refractivity contribution is 5.94. The number of rotatable bonds is 6. The highest BCUT2D eigenvalue weighted by Gasteiger charge is 2.18. The zero-order chi connectivity index (χ0) is 19.4. The molecule has 0 saturated heterocycles. The first kappa shape index (κ1) is 18.5. The Kier molecular flexibility index (Phi) is 5.44. The van der Waals surface area contributed by atoms with E-state index in [-0.39, 0.29) is 18.0 Å². The van der Waals surface area contributed by atoms with Gasteiger partial charge in [0, 0.05) is 18.5 Å². The first-order chi connectivity index (χ1) is 13.0. The normalized spacial score (nSPS) is 10.8. The molecule has 0 saturated carbocycles. The van der Waals surface area contributed by atoms with Gasteiger partial charge in [0.15, 0.2) is 5.82 Å². The van der Waals surface area contributed by atoms with Crippen LogP contribution in [0.25, 0.3) is 11.1 Å². The fourth-order valence-corrected chi connectivity index (χ4v) is 2.68. The molecule has 8 nitrogen and oxygen atoms in total. The highest BCUT2D eigenvalue weighted by Crippen LogP contribution is 2.18. The lowest BCUT2D eigenvalue weighted by Crippen LogP contribution is -2.30. The number of aromatic nitrogens is 4. The Morgan fingerprint density at radius 3 is 2.59 bits per heavy atom. The number of nitrogens with one attached hydrogen (secondary N) is 1.